The van der Waals surface area contributed by atoms with E-state index in [2.05, 4.69) is 60.6 Å². The molecule has 3 nitrogen and oxygen atoms in total. The van der Waals surface area contributed by atoms with Gasteiger partial charge in [-0.05, 0) is 29.9 Å². The first kappa shape index (κ1) is 12.4. The summed E-state index contributed by atoms with van der Waals surface area (Å²) < 4.78 is 0. The van der Waals surface area contributed by atoms with Crippen molar-refractivity contribution >= 4 is 0 Å². The number of aromatic nitrogens is 2. The molecule has 1 aromatic heterocycles. The summed E-state index contributed by atoms with van der Waals surface area (Å²) in [5, 5.41) is 10.8. The molecular formula is C16H21N3. The minimum Gasteiger partial charge on any atom is -0.305 e. The number of nitrogens with zero attached hydrogens (tertiary/aromatic N) is 1. The molecule has 3 heteroatoms. The molecule has 1 unspecified atom stereocenters. The van der Waals surface area contributed by atoms with Crippen LogP contribution in [0.5, 0.6) is 0 Å². The molecule has 1 aliphatic rings. The van der Waals surface area contributed by atoms with Crippen LogP contribution in [0, 0.1) is 12.3 Å². The number of aryl methyl sites for hydroxylation is 1. The maximum absolute atomic E-state index is 4.08. The summed E-state index contributed by atoms with van der Waals surface area (Å²) in [5.41, 5.74) is 5.60. The van der Waals surface area contributed by atoms with Gasteiger partial charge in [-0.15, -0.1) is 0 Å². The van der Waals surface area contributed by atoms with E-state index < -0.39 is 0 Å². The predicted molar refractivity (Wildman–Crippen MR) is 76.8 cm³/mol. The highest BCUT2D eigenvalue weighted by Crippen LogP contribution is 2.45. The maximum atomic E-state index is 4.08. The van der Waals surface area contributed by atoms with Crippen LogP contribution >= 0.6 is 0 Å². The van der Waals surface area contributed by atoms with Gasteiger partial charge in [0.15, 0.2) is 0 Å². The van der Waals surface area contributed by atoms with Crippen LogP contribution in [0.4, 0.5) is 0 Å². The van der Waals surface area contributed by atoms with E-state index in [0.717, 1.165) is 18.7 Å². The molecule has 2 N–H and O–H groups in total. The molecule has 1 atom stereocenters. The normalized spacial score (nSPS) is 20.5. The summed E-state index contributed by atoms with van der Waals surface area (Å²) in [6.07, 6.45) is 3.06. The molecule has 3 rings (SSSR count). The predicted octanol–water partition coefficient (Wildman–Crippen LogP) is 3.13. The fourth-order valence-corrected chi connectivity index (χ4v) is 3.14. The molecule has 0 saturated carbocycles. The molecule has 0 radical (unpaired) electrons. The Kier molecular flexibility index (Phi) is 2.94. The van der Waals surface area contributed by atoms with E-state index in [1.54, 1.807) is 0 Å². The van der Waals surface area contributed by atoms with Crippen molar-refractivity contribution in [3.63, 3.8) is 0 Å². The summed E-state index contributed by atoms with van der Waals surface area (Å²) in [4.78, 5) is 0. The van der Waals surface area contributed by atoms with Gasteiger partial charge in [0.25, 0.3) is 0 Å². The van der Waals surface area contributed by atoms with E-state index in [1.807, 2.05) is 6.20 Å². The van der Waals surface area contributed by atoms with E-state index in [9.17, 15) is 0 Å². The number of nitrogens with one attached hydrogen (secondary N) is 2. The highest BCUT2D eigenvalue weighted by Gasteiger charge is 2.38. The highest BCUT2D eigenvalue weighted by atomic mass is 15.1. The van der Waals surface area contributed by atoms with Crippen molar-refractivity contribution in [1.82, 2.24) is 15.5 Å². The van der Waals surface area contributed by atoms with Crippen molar-refractivity contribution in [2.75, 3.05) is 0 Å². The fourth-order valence-electron chi connectivity index (χ4n) is 3.14. The minimum absolute atomic E-state index is 0.265. The Hall–Kier alpha value is -1.61. The van der Waals surface area contributed by atoms with Crippen LogP contribution in [-0.4, -0.2) is 10.2 Å². The number of hydrogen-bond acceptors (Lipinski definition) is 2. The van der Waals surface area contributed by atoms with E-state index in [1.165, 1.54) is 16.7 Å². The summed E-state index contributed by atoms with van der Waals surface area (Å²) >= 11 is 0. The minimum atomic E-state index is 0.265. The monoisotopic (exact) mass is 255 g/mol. The van der Waals surface area contributed by atoms with Crippen molar-refractivity contribution in [1.29, 1.82) is 0 Å². The van der Waals surface area contributed by atoms with Crippen LogP contribution in [0.1, 0.15) is 42.3 Å². The Bertz CT molecular complexity index is 583. The van der Waals surface area contributed by atoms with Crippen LogP contribution in [0.25, 0.3) is 0 Å². The lowest BCUT2D eigenvalue weighted by molar-refractivity contribution is 0.268. The first-order valence-corrected chi connectivity index (χ1v) is 6.88. The lowest BCUT2D eigenvalue weighted by Gasteiger charge is -2.28. The van der Waals surface area contributed by atoms with Gasteiger partial charge in [-0.25, -0.2) is 0 Å². The lowest BCUT2D eigenvalue weighted by atomic mass is 9.85. The smallest absolute Gasteiger partial charge is 0.0535 e. The Morgan fingerprint density at radius 2 is 2.16 bits per heavy atom. The molecule has 0 spiro atoms. The summed E-state index contributed by atoms with van der Waals surface area (Å²) in [6.45, 7) is 7.61. The number of fused-ring (bicyclic) bond motifs is 1. The van der Waals surface area contributed by atoms with E-state index in [4.69, 9.17) is 0 Å². The summed E-state index contributed by atoms with van der Waals surface area (Å²) in [5.74, 6) is 0. The van der Waals surface area contributed by atoms with Gasteiger partial charge in [0.2, 0.25) is 0 Å². The molecule has 0 fully saturated rings. The van der Waals surface area contributed by atoms with Crippen molar-refractivity contribution in [3.8, 4) is 0 Å². The van der Waals surface area contributed by atoms with Gasteiger partial charge in [-0.2, -0.15) is 5.10 Å². The molecule has 1 aromatic carbocycles. The zero-order valence-electron chi connectivity index (χ0n) is 11.8. The van der Waals surface area contributed by atoms with Crippen molar-refractivity contribution < 1.29 is 0 Å². The van der Waals surface area contributed by atoms with E-state index in [0.29, 0.717) is 6.04 Å². The molecular weight excluding hydrogens is 234 g/mol. The molecule has 0 bridgehead atoms. The topological polar surface area (TPSA) is 40.7 Å². The van der Waals surface area contributed by atoms with Crippen LogP contribution in [0.3, 0.4) is 0 Å². The second-order valence-electron chi connectivity index (χ2n) is 6.20. The average Bonchev–Trinajstić information content (AvgIpc) is 2.87. The number of benzene rings is 1. The second kappa shape index (κ2) is 4.49. The molecule has 1 aliphatic carbocycles. The van der Waals surface area contributed by atoms with Crippen LogP contribution < -0.4 is 5.32 Å². The first-order valence-electron chi connectivity index (χ1n) is 6.88. The van der Waals surface area contributed by atoms with E-state index >= 15 is 0 Å². The van der Waals surface area contributed by atoms with Crippen molar-refractivity contribution in [2.24, 2.45) is 5.41 Å². The van der Waals surface area contributed by atoms with Crippen molar-refractivity contribution in [2.45, 2.75) is 39.8 Å². The van der Waals surface area contributed by atoms with Crippen LogP contribution in [0.2, 0.25) is 0 Å². The Balaban J connectivity index is 1.82. The Morgan fingerprint density at radius 1 is 1.37 bits per heavy atom. The number of H-pyrrole nitrogens is 1. The lowest BCUT2D eigenvalue weighted by Crippen LogP contribution is -2.30. The third-order valence-corrected chi connectivity index (χ3v) is 4.22. The van der Waals surface area contributed by atoms with E-state index in [-0.39, 0.29) is 5.41 Å². The van der Waals surface area contributed by atoms with Gasteiger partial charge < -0.3 is 5.32 Å². The molecule has 2 aromatic rings. The average molecular weight is 255 g/mol. The van der Waals surface area contributed by atoms with Gasteiger partial charge in [-0.1, -0.05) is 38.1 Å². The van der Waals surface area contributed by atoms with Crippen LogP contribution in [-0.2, 0) is 13.0 Å². The fraction of sp³-hybridized carbons (Fsp3) is 0.438. The van der Waals surface area contributed by atoms with Crippen LogP contribution in [0.15, 0.2) is 30.5 Å². The maximum Gasteiger partial charge on any atom is 0.0535 e. The largest absolute Gasteiger partial charge is 0.305 e. The number of rotatable bonds is 3. The first-order chi connectivity index (χ1) is 9.08. The molecule has 0 amide bonds. The number of hydrogen-bond donors (Lipinski definition) is 2. The second-order valence-corrected chi connectivity index (χ2v) is 6.20. The SMILES string of the molecule is Cc1[nH]ncc1CNC1c2ccccc2CC1(C)C. The van der Waals surface area contributed by atoms with Gasteiger partial charge in [0.1, 0.15) is 0 Å². The van der Waals surface area contributed by atoms with Gasteiger partial charge >= 0.3 is 0 Å². The standard InChI is InChI=1S/C16H21N3/c1-11-13(10-18-19-11)9-17-15-14-7-5-4-6-12(14)8-16(15,2)3/h4-7,10,15,17H,8-9H2,1-3H3,(H,18,19). The molecule has 1 heterocycles. The molecule has 0 aliphatic heterocycles. The third kappa shape index (κ3) is 2.19. The summed E-state index contributed by atoms with van der Waals surface area (Å²) in [7, 11) is 0. The zero-order valence-corrected chi connectivity index (χ0v) is 11.8. The quantitative estimate of drug-likeness (QED) is 0.884. The Labute approximate surface area is 114 Å². The molecule has 19 heavy (non-hydrogen) atoms. The van der Waals surface area contributed by atoms with Gasteiger partial charge in [-0.3, -0.25) is 5.10 Å². The summed E-state index contributed by atoms with van der Waals surface area (Å²) in [6, 6.07) is 9.19. The van der Waals surface area contributed by atoms with Gasteiger partial charge in [0, 0.05) is 23.8 Å². The number of aromatic amines is 1. The zero-order chi connectivity index (χ0) is 13.5. The highest BCUT2D eigenvalue weighted by molar-refractivity contribution is 5.37. The molecule has 100 valence electrons. The Morgan fingerprint density at radius 3 is 2.89 bits per heavy atom. The van der Waals surface area contributed by atoms with Gasteiger partial charge in [0.05, 0.1) is 6.20 Å². The third-order valence-electron chi connectivity index (χ3n) is 4.22. The molecule has 0 saturated heterocycles. The van der Waals surface area contributed by atoms with Crippen molar-refractivity contribution in [3.05, 3.63) is 52.8 Å².